The van der Waals surface area contributed by atoms with Gasteiger partial charge in [0.25, 0.3) is 5.91 Å². The quantitative estimate of drug-likeness (QED) is 0.817. The first-order valence-electron chi connectivity index (χ1n) is 7.99. The van der Waals surface area contributed by atoms with Crippen molar-refractivity contribution in [3.05, 3.63) is 29.8 Å². The van der Waals surface area contributed by atoms with E-state index in [9.17, 15) is 13.2 Å². The smallest absolute Gasteiger partial charge is 0.254 e. The van der Waals surface area contributed by atoms with Crippen molar-refractivity contribution in [1.82, 2.24) is 9.62 Å². The van der Waals surface area contributed by atoms with E-state index in [2.05, 4.69) is 11.6 Å². The average Bonchev–Trinajstić information content (AvgIpc) is 2.54. The molecule has 3 N–H and O–H groups in total. The van der Waals surface area contributed by atoms with E-state index in [4.69, 9.17) is 5.73 Å². The fourth-order valence-corrected chi connectivity index (χ4v) is 4.06. The molecule has 0 bridgehead atoms. The van der Waals surface area contributed by atoms with E-state index in [1.54, 1.807) is 24.0 Å². The summed E-state index contributed by atoms with van der Waals surface area (Å²) >= 11 is 0. The topological polar surface area (TPSA) is 92.5 Å². The maximum Gasteiger partial charge on any atom is 0.254 e. The molecule has 2 rings (SSSR count). The van der Waals surface area contributed by atoms with Gasteiger partial charge in [0, 0.05) is 31.2 Å². The summed E-state index contributed by atoms with van der Waals surface area (Å²) in [5, 5.41) is 0. The Kier molecular flexibility index (Phi) is 7.66. The number of benzene rings is 1. The summed E-state index contributed by atoms with van der Waals surface area (Å²) in [6.45, 7) is 5.26. The van der Waals surface area contributed by atoms with Gasteiger partial charge in [0.1, 0.15) is 0 Å². The molecule has 24 heavy (non-hydrogen) atoms. The van der Waals surface area contributed by atoms with E-state index in [1.807, 2.05) is 0 Å². The number of rotatable bonds is 5. The van der Waals surface area contributed by atoms with E-state index in [0.717, 1.165) is 12.8 Å². The molecule has 2 unspecified atom stereocenters. The fourth-order valence-electron chi connectivity index (χ4n) is 2.98. The summed E-state index contributed by atoms with van der Waals surface area (Å²) in [6, 6.07) is 6.19. The second kappa shape index (κ2) is 8.80. The second-order valence-electron chi connectivity index (χ2n) is 6.05. The van der Waals surface area contributed by atoms with Crippen molar-refractivity contribution in [2.75, 3.05) is 19.6 Å². The molecule has 1 aromatic rings. The number of nitrogens with one attached hydrogen (secondary N) is 1. The van der Waals surface area contributed by atoms with Crippen molar-refractivity contribution in [1.29, 1.82) is 0 Å². The van der Waals surface area contributed by atoms with Crippen LogP contribution < -0.4 is 10.5 Å². The van der Waals surface area contributed by atoms with Gasteiger partial charge in [0.05, 0.1) is 4.90 Å². The van der Waals surface area contributed by atoms with Crippen molar-refractivity contribution in [2.24, 2.45) is 11.7 Å². The lowest BCUT2D eigenvalue weighted by Gasteiger charge is -2.38. The first-order valence-corrected chi connectivity index (χ1v) is 9.48. The second-order valence-corrected chi connectivity index (χ2v) is 7.81. The van der Waals surface area contributed by atoms with E-state index in [0.29, 0.717) is 31.1 Å². The van der Waals surface area contributed by atoms with E-state index < -0.39 is 10.0 Å². The maximum atomic E-state index is 12.8. The van der Waals surface area contributed by atoms with Gasteiger partial charge in [-0.3, -0.25) is 4.79 Å². The van der Waals surface area contributed by atoms with Crippen LogP contribution in [-0.2, 0) is 10.0 Å². The summed E-state index contributed by atoms with van der Waals surface area (Å²) < 4.78 is 26.6. The monoisotopic (exact) mass is 375 g/mol. The Balaban J connectivity index is 0.00000288. The van der Waals surface area contributed by atoms with Crippen LogP contribution in [0.1, 0.15) is 37.0 Å². The highest BCUT2D eigenvalue weighted by Gasteiger charge is 2.30. The van der Waals surface area contributed by atoms with Crippen LogP contribution in [0.5, 0.6) is 0 Å². The van der Waals surface area contributed by atoms with E-state index in [-0.39, 0.29) is 29.3 Å². The normalized spacial score (nSPS) is 21.2. The molecule has 136 valence electrons. The minimum absolute atomic E-state index is 0. The molecule has 0 aliphatic carbocycles. The third-order valence-corrected chi connectivity index (χ3v) is 5.78. The number of carbonyl (C=O) groups is 1. The number of halogens is 1. The molecule has 1 aliphatic heterocycles. The van der Waals surface area contributed by atoms with Crippen LogP contribution >= 0.6 is 12.4 Å². The SMILES string of the molecule is CCNS(=O)(=O)c1cccc(C(=O)N2CCC(C)CC2CN)c1.Cl. The Bertz CT molecular complexity index is 666. The summed E-state index contributed by atoms with van der Waals surface area (Å²) in [4.78, 5) is 14.7. The molecule has 1 heterocycles. The van der Waals surface area contributed by atoms with Crippen molar-refractivity contribution < 1.29 is 13.2 Å². The highest BCUT2D eigenvalue weighted by molar-refractivity contribution is 7.89. The molecule has 1 amide bonds. The van der Waals surface area contributed by atoms with Crippen LogP contribution in [0.25, 0.3) is 0 Å². The largest absolute Gasteiger partial charge is 0.334 e. The standard InChI is InChI=1S/C16H25N3O3S.ClH/c1-3-18-23(21,22)15-6-4-5-13(10-15)16(20)19-8-7-12(2)9-14(19)11-17;/h4-6,10,12,14,18H,3,7-9,11,17H2,1-2H3;1H. The number of sulfonamides is 1. The average molecular weight is 376 g/mol. The Hall–Kier alpha value is -1.15. The molecule has 8 heteroatoms. The van der Waals surface area contributed by atoms with Crippen molar-refractivity contribution in [2.45, 2.75) is 37.6 Å². The third kappa shape index (κ3) is 4.69. The van der Waals surface area contributed by atoms with Crippen LogP contribution in [0.2, 0.25) is 0 Å². The number of hydrogen-bond acceptors (Lipinski definition) is 4. The van der Waals surface area contributed by atoms with Gasteiger partial charge in [0.15, 0.2) is 0 Å². The number of nitrogens with two attached hydrogens (primary N) is 1. The molecule has 0 aromatic heterocycles. The zero-order chi connectivity index (χ0) is 17.0. The summed E-state index contributed by atoms with van der Waals surface area (Å²) in [6.07, 6.45) is 1.83. The summed E-state index contributed by atoms with van der Waals surface area (Å²) in [7, 11) is -3.57. The first kappa shape index (κ1) is 20.9. The minimum Gasteiger partial charge on any atom is -0.334 e. The lowest BCUT2D eigenvalue weighted by molar-refractivity contribution is 0.0573. The number of amides is 1. The molecule has 0 radical (unpaired) electrons. The molecule has 2 atom stereocenters. The Morgan fingerprint density at radius 1 is 1.42 bits per heavy atom. The van der Waals surface area contributed by atoms with Crippen LogP contribution in [-0.4, -0.2) is 44.9 Å². The van der Waals surface area contributed by atoms with Crippen LogP contribution in [0, 0.1) is 5.92 Å². The van der Waals surface area contributed by atoms with E-state index in [1.165, 1.54) is 12.1 Å². The highest BCUT2D eigenvalue weighted by Crippen LogP contribution is 2.24. The Labute approximate surface area is 150 Å². The molecule has 6 nitrogen and oxygen atoms in total. The molecule has 1 fully saturated rings. The molecule has 1 saturated heterocycles. The molecular weight excluding hydrogens is 350 g/mol. The van der Waals surface area contributed by atoms with E-state index >= 15 is 0 Å². The first-order chi connectivity index (χ1) is 10.9. The Morgan fingerprint density at radius 2 is 2.12 bits per heavy atom. The highest BCUT2D eigenvalue weighted by atomic mass is 35.5. The summed E-state index contributed by atoms with van der Waals surface area (Å²) in [5.41, 5.74) is 6.20. The lowest BCUT2D eigenvalue weighted by atomic mass is 9.92. The summed E-state index contributed by atoms with van der Waals surface area (Å²) in [5.74, 6) is 0.397. The lowest BCUT2D eigenvalue weighted by Crippen LogP contribution is -2.49. The van der Waals surface area contributed by atoms with Gasteiger partial charge >= 0.3 is 0 Å². The number of carbonyl (C=O) groups excluding carboxylic acids is 1. The number of nitrogens with zero attached hydrogens (tertiary/aromatic N) is 1. The molecule has 1 aliphatic rings. The van der Waals surface area contributed by atoms with Gasteiger partial charge in [-0.2, -0.15) is 0 Å². The fraction of sp³-hybridized carbons (Fsp3) is 0.562. The number of hydrogen-bond donors (Lipinski definition) is 2. The molecular formula is C16H26ClN3O3S. The molecule has 0 saturated carbocycles. The van der Waals surface area contributed by atoms with Crippen LogP contribution in [0.4, 0.5) is 0 Å². The maximum absolute atomic E-state index is 12.8. The van der Waals surface area contributed by atoms with Crippen LogP contribution in [0.15, 0.2) is 29.2 Å². The van der Waals surface area contributed by atoms with Gasteiger partial charge in [-0.1, -0.05) is 19.9 Å². The number of piperidine rings is 1. The third-order valence-electron chi connectivity index (χ3n) is 4.24. The molecule has 0 spiro atoms. The van der Waals surface area contributed by atoms with Gasteiger partial charge in [-0.25, -0.2) is 13.1 Å². The predicted octanol–water partition coefficient (Wildman–Crippen LogP) is 1.61. The van der Waals surface area contributed by atoms with Gasteiger partial charge in [-0.15, -0.1) is 12.4 Å². The zero-order valence-electron chi connectivity index (χ0n) is 14.1. The van der Waals surface area contributed by atoms with Crippen molar-refractivity contribution >= 4 is 28.3 Å². The van der Waals surface area contributed by atoms with Gasteiger partial charge in [0.2, 0.25) is 10.0 Å². The van der Waals surface area contributed by atoms with Crippen LogP contribution in [0.3, 0.4) is 0 Å². The Morgan fingerprint density at radius 3 is 2.75 bits per heavy atom. The van der Waals surface area contributed by atoms with Gasteiger partial charge < -0.3 is 10.6 Å². The number of likely N-dealkylation sites (tertiary alicyclic amines) is 1. The molecule has 1 aromatic carbocycles. The zero-order valence-corrected chi connectivity index (χ0v) is 15.7. The minimum atomic E-state index is -3.57. The van der Waals surface area contributed by atoms with Crippen molar-refractivity contribution in [3.8, 4) is 0 Å². The van der Waals surface area contributed by atoms with Gasteiger partial charge in [-0.05, 0) is 37.0 Å². The van der Waals surface area contributed by atoms with Crippen molar-refractivity contribution in [3.63, 3.8) is 0 Å². The predicted molar refractivity (Wildman–Crippen MR) is 96.8 cm³/mol.